The molecule has 1 aliphatic heterocycles. The summed E-state index contributed by atoms with van der Waals surface area (Å²) in [5, 5.41) is 12.4. The molecule has 3 rings (SSSR count). The predicted molar refractivity (Wildman–Crippen MR) is 109 cm³/mol. The van der Waals surface area contributed by atoms with Crippen LogP contribution in [-0.2, 0) is 4.79 Å². The molecule has 8 heteroatoms. The molecule has 0 spiro atoms. The van der Waals surface area contributed by atoms with E-state index in [2.05, 4.69) is 25.9 Å². The Morgan fingerprint density at radius 1 is 1.03 bits per heavy atom. The van der Waals surface area contributed by atoms with Crippen molar-refractivity contribution in [2.75, 3.05) is 31.5 Å². The molecule has 2 atom stereocenters. The van der Waals surface area contributed by atoms with Crippen molar-refractivity contribution >= 4 is 11.6 Å². The van der Waals surface area contributed by atoms with Gasteiger partial charge in [-0.1, -0.05) is 30.3 Å². The van der Waals surface area contributed by atoms with Gasteiger partial charge in [-0.15, -0.1) is 0 Å². The summed E-state index contributed by atoms with van der Waals surface area (Å²) >= 11 is 0. The number of piperazine rings is 1. The van der Waals surface area contributed by atoms with Gasteiger partial charge in [-0.25, -0.2) is 0 Å². The first-order chi connectivity index (χ1) is 14.5. The fourth-order valence-corrected chi connectivity index (χ4v) is 3.52. The van der Waals surface area contributed by atoms with Crippen LogP contribution >= 0.6 is 0 Å². The Labute approximate surface area is 174 Å². The van der Waals surface area contributed by atoms with E-state index in [1.807, 2.05) is 37.3 Å². The van der Waals surface area contributed by atoms with Crippen molar-refractivity contribution in [3.8, 4) is 11.8 Å². The lowest BCUT2D eigenvalue weighted by Gasteiger charge is -2.39. The molecule has 1 N–H and O–H groups in total. The van der Waals surface area contributed by atoms with Gasteiger partial charge < -0.3 is 10.1 Å². The van der Waals surface area contributed by atoms with Crippen LogP contribution in [0.25, 0.3) is 0 Å². The van der Waals surface area contributed by atoms with Crippen molar-refractivity contribution in [1.29, 1.82) is 5.26 Å². The molecule has 0 aliphatic carbocycles. The van der Waals surface area contributed by atoms with Crippen molar-refractivity contribution in [2.45, 2.75) is 25.6 Å². The van der Waals surface area contributed by atoms with E-state index < -0.39 is 6.61 Å². The first kappa shape index (κ1) is 21.7. The first-order valence-electron chi connectivity index (χ1n) is 9.76. The van der Waals surface area contributed by atoms with E-state index in [9.17, 15) is 18.8 Å². The zero-order valence-electron chi connectivity index (χ0n) is 16.7. The Morgan fingerprint density at radius 2 is 1.63 bits per heavy atom. The predicted octanol–water partition coefficient (Wildman–Crippen LogP) is 3.50. The maximum atomic E-state index is 12.6. The van der Waals surface area contributed by atoms with Crippen LogP contribution in [0.3, 0.4) is 0 Å². The highest BCUT2D eigenvalue weighted by Gasteiger charge is 2.29. The number of rotatable bonds is 7. The Morgan fingerprint density at radius 3 is 2.20 bits per heavy atom. The summed E-state index contributed by atoms with van der Waals surface area (Å²) in [5.41, 5.74) is 1.49. The van der Waals surface area contributed by atoms with Crippen LogP contribution in [0.1, 0.15) is 18.5 Å². The van der Waals surface area contributed by atoms with Gasteiger partial charge in [0.1, 0.15) is 11.8 Å². The third-order valence-corrected chi connectivity index (χ3v) is 5.23. The molecule has 1 fully saturated rings. The number of anilines is 1. The minimum Gasteiger partial charge on any atom is -0.435 e. The number of nitrogens with zero attached hydrogens (tertiary/aromatic N) is 3. The van der Waals surface area contributed by atoms with Gasteiger partial charge in [-0.3, -0.25) is 14.6 Å². The van der Waals surface area contributed by atoms with E-state index >= 15 is 0 Å². The van der Waals surface area contributed by atoms with E-state index in [1.54, 1.807) is 0 Å². The summed E-state index contributed by atoms with van der Waals surface area (Å²) in [7, 11) is 0. The molecule has 6 nitrogen and oxygen atoms in total. The van der Waals surface area contributed by atoms with Gasteiger partial charge >= 0.3 is 6.61 Å². The minimum absolute atomic E-state index is 0.0395. The van der Waals surface area contributed by atoms with Crippen LogP contribution < -0.4 is 10.1 Å². The molecule has 30 heavy (non-hydrogen) atoms. The van der Waals surface area contributed by atoms with Gasteiger partial charge in [-0.2, -0.15) is 14.0 Å². The zero-order valence-corrected chi connectivity index (χ0v) is 16.7. The minimum atomic E-state index is -2.88. The number of hydrogen-bond donors (Lipinski definition) is 1. The second-order valence-corrected chi connectivity index (χ2v) is 7.08. The largest absolute Gasteiger partial charge is 0.435 e. The number of alkyl halides is 2. The monoisotopic (exact) mass is 414 g/mol. The van der Waals surface area contributed by atoms with Gasteiger partial charge in [0.2, 0.25) is 5.91 Å². The standard InChI is InChI=1S/C22H24F2N4O2/c1-16(21(29)26-18-7-9-19(10-8-18)30-22(23)24)27-11-13-28(14-12-27)20(15-25)17-5-3-2-4-6-17/h2-10,16,20,22H,11-14H2,1H3,(H,26,29). The normalized spacial score (nSPS) is 17.2. The highest BCUT2D eigenvalue weighted by atomic mass is 19.3. The molecular weight excluding hydrogens is 390 g/mol. The van der Waals surface area contributed by atoms with Crippen LogP contribution in [0.15, 0.2) is 54.6 Å². The van der Waals surface area contributed by atoms with E-state index in [-0.39, 0.29) is 23.7 Å². The lowest BCUT2D eigenvalue weighted by Crippen LogP contribution is -2.53. The Kier molecular flexibility index (Phi) is 7.33. The summed E-state index contributed by atoms with van der Waals surface area (Å²) in [6.45, 7) is 1.65. The molecule has 2 aromatic carbocycles. The molecule has 0 saturated carbocycles. The van der Waals surface area contributed by atoms with E-state index in [0.717, 1.165) is 5.56 Å². The van der Waals surface area contributed by atoms with Crippen molar-refractivity contribution in [1.82, 2.24) is 9.80 Å². The number of carbonyl (C=O) groups is 1. The third kappa shape index (κ3) is 5.53. The highest BCUT2D eigenvalue weighted by molar-refractivity contribution is 5.94. The maximum Gasteiger partial charge on any atom is 0.387 e. The molecule has 2 aromatic rings. The third-order valence-electron chi connectivity index (χ3n) is 5.23. The summed E-state index contributed by atoms with van der Waals surface area (Å²) in [6.07, 6.45) is 0. The molecule has 0 radical (unpaired) electrons. The number of amides is 1. The molecule has 1 aliphatic rings. The fourth-order valence-electron chi connectivity index (χ4n) is 3.52. The summed E-state index contributed by atoms with van der Waals surface area (Å²) < 4.78 is 28.7. The number of nitriles is 1. The maximum absolute atomic E-state index is 12.6. The van der Waals surface area contributed by atoms with Gasteiger partial charge in [0.05, 0.1) is 12.1 Å². The zero-order chi connectivity index (χ0) is 21.5. The quantitative estimate of drug-likeness (QED) is 0.751. The van der Waals surface area contributed by atoms with Gasteiger partial charge in [0.15, 0.2) is 0 Å². The SMILES string of the molecule is CC(C(=O)Nc1ccc(OC(F)F)cc1)N1CCN(C(C#N)c2ccccc2)CC1. The van der Waals surface area contributed by atoms with E-state index in [0.29, 0.717) is 31.9 Å². The second kappa shape index (κ2) is 10.1. The number of hydrogen-bond acceptors (Lipinski definition) is 5. The van der Waals surface area contributed by atoms with Gasteiger partial charge in [0.25, 0.3) is 0 Å². The smallest absolute Gasteiger partial charge is 0.387 e. The molecule has 158 valence electrons. The fraction of sp³-hybridized carbons (Fsp3) is 0.364. The lowest BCUT2D eigenvalue weighted by molar-refractivity contribution is -0.121. The van der Waals surface area contributed by atoms with Crippen LogP contribution in [0.2, 0.25) is 0 Å². The molecule has 0 aromatic heterocycles. The number of carbonyl (C=O) groups excluding carboxylic acids is 1. The highest BCUT2D eigenvalue weighted by Crippen LogP contribution is 2.22. The number of ether oxygens (including phenoxy) is 1. The van der Waals surface area contributed by atoms with E-state index in [1.165, 1.54) is 24.3 Å². The molecule has 0 bridgehead atoms. The Hall–Kier alpha value is -3.02. The molecular formula is C22H24F2N4O2. The van der Waals surface area contributed by atoms with E-state index in [4.69, 9.17) is 0 Å². The average Bonchev–Trinajstić information content (AvgIpc) is 2.76. The van der Waals surface area contributed by atoms with Crippen molar-refractivity contribution in [3.05, 3.63) is 60.2 Å². The molecule has 2 unspecified atom stereocenters. The van der Waals surface area contributed by atoms with Crippen LogP contribution in [0.5, 0.6) is 5.75 Å². The van der Waals surface area contributed by atoms with Crippen molar-refractivity contribution in [2.24, 2.45) is 0 Å². The Bertz CT molecular complexity index is 863. The van der Waals surface area contributed by atoms with Crippen LogP contribution in [0.4, 0.5) is 14.5 Å². The summed E-state index contributed by atoms with van der Waals surface area (Å²) in [5.74, 6) is -0.136. The molecule has 1 heterocycles. The Balaban J connectivity index is 1.52. The molecule has 1 amide bonds. The van der Waals surface area contributed by atoms with Gasteiger partial charge in [-0.05, 0) is 36.8 Å². The number of nitrogens with one attached hydrogen (secondary N) is 1. The number of halogens is 2. The van der Waals surface area contributed by atoms with Crippen molar-refractivity contribution < 1.29 is 18.3 Å². The van der Waals surface area contributed by atoms with Crippen LogP contribution in [0, 0.1) is 11.3 Å². The van der Waals surface area contributed by atoms with Crippen molar-refractivity contribution in [3.63, 3.8) is 0 Å². The molecule has 1 saturated heterocycles. The average molecular weight is 414 g/mol. The number of benzene rings is 2. The van der Waals surface area contributed by atoms with Gasteiger partial charge in [0, 0.05) is 31.9 Å². The lowest BCUT2D eigenvalue weighted by atomic mass is 10.1. The van der Waals surface area contributed by atoms with Crippen LogP contribution in [-0.4, -0.2) is 54.5 Å². The first-order valence-corrected chi connectivity index (χ1v) is 9.76. The second-order valence-electron chi connectivity index (χ2n) is 7.08. The summed E-state index contributed by atoms with van der Waals surface area (Å²) in [6, 6.07) is 17.2. The summed E-state index contributed by atoms with van der Waals surface area (Å²) in [4.78, 5) is 16.8. The topological polar surface area (TPSA) is 68.6 Å².